The third kappa shape index (κ3) is 4.19. The predicted octanol–water partition coefficient (Wildman–Crippen LogP) is 2.12. The van der Waals surface area contributed by atoms with Crippen LogP contribution in [0.1, 0.15) is 19.3 Å². The molecule has 0 aromatic heterocycles. The average Bonchev–Trinajstić information content (AvgIpc) is 2.81. The van der Waals surface area contributed by atoms with E-state index in [1.54, 1.807) is 0 Å². The Balaban J connectivity index is 1.93. The lowest BCUT2D eigenvalue weighted by atomic mass is 10.2. The first-order chi connectivity index (χ1) is 8.95. The van der Waals surface area contributed by atoms with Gasteiger partial charge < -0.3 is 10.1 Å². The Hall–Kier alpha value is -1.11. The van der Waals surface area contributed by atoms with Gasteiger partial charge in [0.05, 0.1) is 17.4 Å². The van der Waals surface area contributed by atoms with E-state index in [0.29, 0.717) is 18.7 Å². The number of carbonyl (C=O) groups excluding carboxylic acids is 1. The molecule has 1 N–H and O–H groups in total. The number of carbonyl (C=O) groups is 1. The Morgan fingerprint density at radius 2 is 2.05 bits per heavy atom. The minimum atomic E-state index is -3.73. The van der Waals surface area contributed by atoms with Crippen LogP contribution in [0.2, 0.25) is 0 Å². The summed E-state index contributed by atoms with van der Waals surface area (Å²) in [6, 6.07) is 5.71. The molecule has 7 heteroatoms. The molecular formula is C12H14ClNO4S. The lowest BCUT2D eigenvalue weighted by molar-refractivity contribution is -0.118. The van der Waals surface area contributed by atoms with Crippen molar-refractivity contribution in [2.45, 2.75) is 30.3 Å². The molecule has 0 radical (unpaired) electrons. The molecule has 1 heterocycles. The van der Waals surface area contributed by atoms with Gasteiger partial charge in [-0.2, -0.15) is 0 Å². The molecule has 19 heavy (non-hydrogen) atoms. The molecular weight excluding hydrogens is 290 g/mol. The minimum Gasteiger partial charge on any atom is -0.378 e. The third-order valence-electron chi connectivity index (χ3n) is 2.86. The van der Waals surface area contributed by atoms with E-state index >= 15 is 0 Å². The molecule has 2 rings (SSSR count). The van der Waals surface area contributed by atoms with Crippen molar-refractivity contribution in [2.24, 2.45) is 0 Å². The highest BCUT2D eigenvalue weighted by atomic mass is 35.7. The SMILES string of the molecule is O=C(CC1CCCO1)Nc1ccc(S(=O)(=O)Cl)cc1. The zero-order valence-corrected chi connectivity index (χ0v) is 11.7. The fourth-order valence-corrected chi connectivity index (χ4v) is 2.69. The van der Waals surface area contributed by atoms with E-state index < -0.39 is 9.05 Å². The van der Waals surface area contributed by atoms with Crippen LogP contribution in [0.15, 0.2) is 29.2 Å². The number of halogens is 1. The predicted molar refractivity (Wildman–Crippen MR) is 71.7 cm³/mol. The van der Waals surface area contributed by atoms with E-state index in [0.717, 1.165) is 12.8 Å². The fraction of sp³-hybridized carbons (Fsp3) is 0.417. The smallest absolute Gasteiger partial charge is 0.261 e. The molecule has 1 fully saturated rings. The summed E-state index contributed by atoms with van der Waals surface area (Å²) in [6.45, 7) is 0.709. The average molecular weight is 304 g/mol. The zero-order valence-electron chi connectivity index (χ0n) is 10.1. The Kier molecular flexibility index (Phi) is 4.44. The molecule has 1 saturated heterocycles. The Labute approximate surface area is 116 Å². The van der Waals surface area contributed by atoms with Gasteiger partial charge in [-0.05, 0) is 37.1 Å². The van der Waals surface area contributed by atoms with Gasteiger partial charge in [0.1, 0.15) is 0 Å². The van der Waals surface area contributed by atoms with E-state index in [4.69, 9.17) is 15.4 Å². The molecule has 1 unspecified atom stereocenters. The van der Waals surface area contributed by atoms with Crippen molar-refractivity contribution in [3.63, 3.8) is 0 Å². The van der Waals surface area contributed by atoms with E-state index in [-0.39, 0.29) is 16.9 Å². The summed E-state index contributed by atoms with van der Waals surface area (Å²) in [6.07, 6.45) is 2.19. The molecule has 0 bridgehead atoms. The molecule has 0 spiro atoms. The van der Waals surface area contributed by atoms with Crippen molar-refractivity contribution in [1.82, 2.24) is 0 Å². The highest BCUT2D eigenvalue weighted by Gasteiger charge is 2.19. The molecule has 1 amide bonds. The molecule has 0 saturated carbocycles. The van der Waals surface area contributed by atoms with Gasteiger partial charge in [0.15, 0.2) is 0 Å². The van der Waals surface area contributed by atoms with Crippen molar-refractivity contribution in [3.8, 4) is 0 Å². The maximum atomic E-state index is 11.7. The van der Waals surface area contributed by atoms with E-state index in [1.165, 1.54) is 24.3 Å². The van der Waals surface area contributed by atoms with Crippen LogP contribution in [-0.2, 0) is 18.6 Å². The first-order valence-electron chi connectivity index (χ1n) is 5.91. The number of amides is 1. The van der Waals surface area contributed by atoms with Gasteiger partial charge in [0.2, 0.25) is 5.91 Å². The van der Waals surface area contributed by atoms with Crippen LogP contribution in [0.25, 0.3) is 0 Å². The van der Waals surface area contributed by atoms with Crippen LogP contribution in [-0.4, -0.2) is 27.0 Å². The van der Waals surface area contributed by atoms with Crippen LogP contribution in [0, 0.1) is 0 Å². The number of benzene rings is 1. The zero-order chi connectivity index (χ0) is 13.9. The van der Waals surface area contributed by atoms with E-state index in [1.807, 2.05) is 0 Å². The standard InChI is InChI=1S/C12H14ClNO4S/c13-19(16,17)11-5-3-9(4-6-11)14-12(15)8-10-2-1-7-18-10/h3-6,10H,1-2,7-8H2,(H,14,15). The molecule has 1 aliphatic heterocycles. The maximum Gasteiger partial charge on any atom is 0.261 e. The molecule has 1 aromatic rings. The summed E-state index contributed by atoms with van der Waals surface area (Å²) in [4.78, 5) is 11.7. The van der Waals surface area contributed by atoms with Crippen molar-refractivity contribution < 1.29 is 17.9 Å². The van der Waals surface area contributed by atoms with Gasteiger partial charge in [0.25, 0.3) is 9.05 Å². The topological polar surface area (TPSA) is 72.5 Å². The van der Waals surface area contributed by atoms with Crippen LogP contribution >= 0.6 is 10.7 Å². The normalized spacial score (nSPS) is 19.3. The van der Waals surface area contributed by atoms with E-state index in [9.17, 15) is 13.2 Å². The number of hydrogen-bond acceptors (Lipinski definition) is 4. The maximum absolute atomic E-state index is 11.7. The quantitative estimate of drug-likeness (QED) is 0.865. The Bertz CT molecular complexity index is 550. The van der Waals surface area contributed by atoms with Gasteiger partial charge in [-0.25, -0.2) is 8.42 Å². The summed E-state index contributed by atoms with van der Waals surface area (Å²) in [5.74, 6) is -0.145. The summed E-state index contributed by atoms with van der Waals surface area (Å²) in [7, 11) is 1.47. The number of anilines is 1. The largest absolute Gasteiger partial charge is 0.378 e. The number of ether oxygens (including phenoxy) is 1. The van der Waals surface area contributed by atoms with Gasteiger partial charge >= 0.3 is 0 Å². The molecule has 104 valence electrons. The monoisotopic (exact) mass is 303 g/mol. The lowest BCUT2D eigenvalue weighted by Gasteiger charge is -2.09. The number of nitrogens with one attached hydrogen (secondary N) is 1. The van der Waals surface area contributed by atoms with Gasteiger partial charge in [-0.15, -0.1) is 0 Å². The molecule has 1 atom stereocenters. The summed E-state index contributed by atoms with van der Waals surface area (Å²) in [5.41, 5.74) is 0.534. The van der Waals surface area contributed by atoms with Crippen LogP contribution in [0.4, 0.5) is 5.69 Å². The fourth-order valence-electron chi connectivity index (χ4n) is 1.92. The van der Waals surface area contributed by atoms with Gasteiger partial charge in [-0.3, -0.25) is 4.79 Å². The number of hydrogen-bond donors (Lipinski definition) is 1. The Morgan fingerprint density at radius 1 is 1.37 bits per heavy atom. The second-order valence-corrected chi connectivity index (χ2v) is 6.92. The molecule has 1 aliphatic rings. The summed E-state index contributed by atoms with van der Waals surface area (Å²) < 4.78 is 27.5. The van der Waals surface area contributed by atoms with E-state index in [2.05, 4.69) is 5.32 Å². The van der Waals surface area contributed by atoms with Crippen LogP contribution in [0.5, 0.6) is 0 Å². The minimum absolute atomic E-state index is 0.00583. The number of rotatable bonds is 4. The molecule has 1 aromatic carbocycles. The van der Waals surface area contributed by atoms with Crippen molar-refractivity contribution in [2.75, 3.05) is 11.9 Å². The first kappa shape index (κ1) is 14.3. The van der Waals surface area contributed by atoms with Gasteiger partial charge in [0, 0.05) is 23.0 Å². The van der Waals surface area contributed by atoms with Gasteiger partial charge in [-0.1, -0.05) is 0 Å². The lowest BCUT2D eigenvalue weighted by Crippen LogP contribution is -2.19. The summed E-state index contributed by atoms with van der Waals surface area (Å²) >= 11 is 0. The van der Waals surface area contributed by atoms with Crippen LogP contribution in [0.3, 0.4) is 0 Å². The summed E-state index contributed by atoms with van der Waals surface area (Å²) in [5, 5.41) is 2.69. The highest BCUT2D eigenvalue weighted by Crippen LogP contribution is 2.19. The molecule has 5 nitrogen and oxygen atoms in total. The van der Waals surface area contributed by atoms with Crippen molar-refractivity contribution >= 4 is 31.3 Å². The third-order valence-corrected chi connectivity index (χ3v) is 4.23. The van der Waals surface area contributed by atoms with Crippen molar-refractivity contribution in [3.05, 3.63) is 24.3 Å². The molecule has 0 aliphatic carbocycles. The first-order valence-corrected chi connectivity index (χ1v) is 8.22. The van der Waals surface area contributed by atoms with Crippen molar-refractivity contribution in [1.29, 1.82) is 0 Å². The second-order valence-electron chi connectivity index (χ2n) is 4.35. The van der Waals surface area contributed by atoms with Crippen LogP contribution < -0.4 is 5.32 Å². The highest BCUT2D eigenvalue weighted by molar-refractivity contribution is 8.13. The Morgan fingerprint density at radius 3 is 2.58 bits per heavy atom. The second kappa shape index (κ2) is 5.90.